The van der Waals surface area contributed by atoms with Crippen molar-refractivity contribution in [3.8, 4) is 0 Å². The molecule has 0 fully saturated rings. The predicted octanol–water partition coefficient (Wildman–Crippen LogP) is 3.47. The van der Waals surface area contributed by atoms with Gasteiger partial charge < -0.3 is 15.8 Å². The summed E-state index contributed by atoms with van der Waals surface area (Å²) in [7, 11) is 1.63. The van der Waals surface area contributed by atoms with Crippen LogP contribution in [0.4, 0.5) is 0 Å². The molecule has 0 saturated carbocycles. The number of methoxy groups -OCH3 is 1. The molecule has 1 aromatic carbocycles. The summed E-state index contributed by atoms with van der Waals surface area (Å²) >= 11 is 5.97. The Morgan fingerprint density at radius 1 is 1.32 bits per heavy atom. The third-order valence-electron chi connectivity index (χ3n) is 3.35. The summed E-state index contributed by atoms with van der Waals surface area (Å²) in [6.07, 6.45) is 4.45. The topological polar surface area (TPSA) is 64.3 Å². The monoisotopic (exact) mass is 348 g/mol. The molecule has 0 aliphatic carbocycles. The van der Waals surface area contributed by atoms with Crippen LogP contribution < -0.4 is 11.1 Å². The molecule has 0 aliphatic rings. The molecule has 22 heavy (non-hydrogen) atoms. The van der Waals surface area contributed by atoms with Crippen molar-refractivity contribution < 1.29 is 9.53 Å². The molecule has 0 heterocycles. The van der Waals surface area contributed by atoms with Gasteiger partial charge in [0, 0.05) is 25.1 Å². The van der Waals surface area contributed by atoms with E-state index >= 15 is 0 Å². The second-order valence-corrected chi connectivity index (χ2v) is 5.47. The standard InChI is InChI=1S/C16H25ClN2O2.ClH/c1-21-15(13-7-6-8-14(17)11-13)12-19-16(20)9-4-2-3-5-10-18;/h6-8,11,15H,2-5,9-10,12,18H2,1H3,(H,19,20);1H. The minimum Gasteiger partial charge on any atom is -0.375 e. The van der Waals surface area contributed by atoms with Crippen molar-refractivity contribution in [3.63, 3.8) is 0 Å². The molecule has 1 aromatic rings. The number of rotatable bonds is 10. The zero-order chi connectivity index (χ0) is 15.5. The Morgan fingerprint density at radius 2 is 2.05 bits per heavy atom. The Labute approximate surface area is 144 Å². The van der Waals surface area contributed by atoms with Crippen molar-refractivity contribution in [2.45, 2.75) is 38.2 Å². The predicted molar refractivity (Wildman–Crippen MR) is 93.6 cm³/mol. The molecular weight excluding hydrogens is 323 g/mol. The highest BCUT2D eigenvalue weighted by molar-refractivity contribution is 6.30. The molecule has 0 aliphatic heterocycles. The molecule has 4 nitrogen and oxygen atoms in total. The maximum Gasteiger partial charge on any atom is 0.220 e. The van der Waals surface area contributed by atoms with E-state index in [9.17, 15) is 4.79 Å². The van der Waals surface area contributed by atoms with Crippen molar-refractivity contribution in [2.75, 3.05) is 20.2 Å². The number of ether oxygens (including phenoxy) is 1. The van der Waals surface area contributed by atoms with Crippen LogP contribution in [0.5, 0.6) is 0 Å². The number of benzene rings is 1. The first-order valence-corrected chi connectivity index (χ1v) is 7.80. The summed E-state index contributed by atoms with van der Waals surface area (Å²) in [5, 5.41) is 3.58. The Hall–Kier alpha value is -0.810. The smallest absolute Gasteiger partial charge is 0.220 e. The van der Waals surface area contributed by atoms with Crippen molar-refractivity contribution in [1.82, 2.24) is 5.32 Å². The van der Waals surface area contributed by atoms with E-state index in [2.05, 4.69) is 5.32 Å². The Kier molecular flexibility index (Phi) is 12.2. The number of halogens is 2. The van der Waals surface area contributed by atoms with E-state index < -0.39 is 0 Å². The van der Waals surface area contributed by atoms with Gasteiger partial charge in [0.2, 0.25) is 5.91 Å². The maximum absolute atomic E-state index is 11.8. The first kappa shape index (κ1) is 21.2. The van der Waals surface area contributed by atoms with Gasteiger partial charge in [-0.2, -0.15) is 0 Å². The number of unbranched alkanes of at least 4 members (excludes halogenated alkanes) is 3. The van der Waals surface area contributed by atoms with Crippen LogP contribution in [0, 0.1) is 0 Å². The normalized spacial score (nSPS) is 11.6. The van der Waals surface area contributed by atoms with Crippen molar-refractivity contribution in [2.24, 2.45) is 5.73 Å². The van der Waals surface area contributed by atoms with Crippen molar-refractivity contribution in [1.29, 1.82) is 0 Å². The first-order valence-electron chi connectivity index (χ1n) is 7.42. The van der Waals surface area contributed by atoms with Crippen LogP contribution in [-0.4, -0.2) is 26.1 Å². The fraction of sp³-hybridized carbons (Fsp3) is 0.562. The molecule has 1 rings (SSSR count). The average Bonchev–Trinajstić information content (AvgIpc) is 2.48. The van der Waals surface area contributed by atoms with Gasteiger partial charge >= 0.3 is 0 Å². The van der Waals surface area contributed by atoms with E-state index in [1.54, 1.807) is 7.11 Å². The number of carbonyl (C=O) groups is 1. The molecule has 1 unspecified atom stereocenters. The molecule has 0 radical (unpaired) electrons. The van der Waals surface area contributed by atoms with Gasteiger partial charge in [0.25, 0.3) is 0 Å². The van der Waals surface area contributed by atoms with Gasteiger partial charge in [-0.3, -0.25) is 4.79 Å². The molecule has 6 heteroatoms. The van der Waals surface area contributed by atoms with Crippen LogP contribution in [0.15, 0.2) is 24.3 Å². The zero-order valence-electron chi connectivity index (χ0n) is 13.0. The Bertz CT molecular complexity index is 430. The summed E-state index contributed by atoms with van der Waals surface area (Å²) in [6, 6.07) is 7.49. The third-order valence-corrected chi connectivity index (χ3v) is 3.58. The lowest BCUT2D eigenvalue weighted by atomic mass is 10.1. The van der Waals surface area contributed by atoms with E-state index in [0.717, 1.165) is 37.8 Å². The molecule has 1 atom stereocenters. The van der Waals surface area contributed by atoms with Gasteiger partial charge in [-0.15, -0.1) is 12.4 Å². The second kappa shape index (κ2) is 12.7. The highest BCUT2D eigenvalue weighted by Gasteiger charge is 2.12. The summed E-state index contributed by atoms with van der Waals surface area (Å²) in [6.45, 7) is 1.18. The molecule has 1 amide bonds. The van der Waals surface area contributed by atoms with Crippen LogP contribution in [0.3, 0.4) is 0 Å². The summed E-state index contributed by atoms with van der Waals surface area (Å²) in [5.74, 6) is 0.0619. The summed E-state index contributed by atoms with van der Waals surface area (Å²) in [4.78, 5) is 11.8. The number of carbonyl (C=O) groups excluding carboxylic acids is 1. The first-order chi connectivity index (χ1) is 10.2. The summed E-state index contributed by atoms with van der Waals surface area (Å²) in [5.41, 5.74) is 6.40. The van der Waals surface area contributed by atoms with Gasteiger partial charge in [0.05, 0.1) is 6.10 Å². The van der Waals surface area contributed by atoms with Crippen LogP contribution >= 0.6 is 24.0 Å². The summed E-state index contributed by atoms with van der Waals surface area (Å²) < 4.78 is 5.41. The van der Waals surface area contributed by atoms with E-state index in [0.29, 0.717) is 18.0 Å². The van der Waals surface area contributed by atoms with Gasteiger partial charge in [-0.1, -0.05) is 36.6 Å². The lowest BCUT2D eigenvalue weighted by Crippen LogP contribution is -2.28. The number of amides is 1. The van der Waals surface area contributed by atoms with Crippen molar-refractivity contribution >= 4 is 29.9 Å². The molecule has 0 spiro atoms. The van der Waals surface area contributed by atoms with Crippen LogP contribution in [0.2, 0.25) is 5.02 Å². The molecule has 3 N–H and O–H groups in total. The second-order valence-electron chi connectivity index (χ2n) is 5.04. The lowest BCUT2D eigenvalue weighted by Gasteiger charge is -2.16. The van der Waals surface area contributed by atoms with E-state index in [1.807, 2.05) is 24.3 Å². The average molecular weight is 349 g/mol. The van der Waals surface area contributed by atoms with Gasteiger partial charge in [0.15, 0.2) is 0 Å². The number of hydrogen-bond acceptors (Lipinski definition) is 3. The Balaban J connectivity index is 0.00000441. The molecular formula is C16H26Cl2N2O2. The number of nitrogens with two attached hydrogens (primary N) is 1. The van der Waals surface area contributed by atoms with Gasteiger partial charge in [-0.25, -0.2) is 0 Å². The SMILES string of the molecule is COC(CNC(=O)CCCCCCN)c1cccc(Cl)c1.Cl. The molecule has 0 aromatic heterocycles. The molecule has 0 saturated heterocycles. The highest BCUT2D eigenvalue weighted by atomic mass is 35.5. The van der Waals surface area contributed by atoms with E-state index in [4.69, 9.17) is 22.1 Å². The van der Waals surface area contributed by atoms with Crippen LogP contribution in [0.1, 0.15) is 43.8 Å². The zero-order valence-corrected chi connectivity index (χ0v) is 14.6. The fourth-order valence-corrected chi connectivity index (χ4v) is 2.32. The minimum atomic E-state index is -0.176. The van der Waals surface area contributed by atoms with Crippen LogP contribution in [0.25, 0.3) is 0 Å². The quantitative estimate of drug-likeness (QED) is 0.636. The number of nitrogens with one attached hydrogen (secondary N) is 1. The highest BCUT2D eigenvalue weighted by Crippen LogP contribution is 2.19. The molecule has 0 bridgehead atoms. The fourth-order valence-electron chi connectivity index (χ4n) is 2.12. The Morgan fingerprint density at radius 3 is 2.68 bits per heavy atom. The van der Waals surface area contributed by atoms with Gasteiger partial charge in [0.1, 0.15) is 0 Å². The van der Waals surface area contributed by atoms with E-state index in [-0.39, 0.29) is 24.4 Å². The van der Waals surface area contributed by atoms with E-state index in [1.165, 1.54) is 0 Å². The van der Waals surface area contributed by atoms with Gasteiger partial charge in [-0.05, 0) is 37.1 Å². The lowest BCUT2D eigenvalue weighted by molar-refractivity contribution is -0.121. The number of hydrogen-bond donors (Lipinski definition) is 2. The molecule has 126 valence electrons. The van der Waals surface area contributed by atoms with Crippen molar-refractivity contribution in [3.05, 3.63) is 34.9 Å². The third kappa shape index (κ3) is 8.59. The largest absolute Gasteiger partial charge is 0.375 e. The maximum atomic E-state index is 11.8. The van der Waals surface area contributed by atoms with Crippen LogP contribution in [-0.2, 0) is 9.53 Å². The minimum absolute atomic E-state index is 0.